The first-order valence-corrected chi connectivity index (χ1v) is 7.85. The van der Waals surface area contributed by atoms with Crippen LogP contribution >= 0.6 is 0 Å². The lowest BCUT2D eigenvalue weighted by Crippen LogP contribution is -2.51. The van der Waals surface area contributed by atoms with Gasteiger partial charge in [0.05, 0.1) is 13.4 Å². The maximum absolute atomic E-state index is 12.5. The molecule has 8 nitrogen and oxygen atoms in total. The van der Waals surface area contributed by atoms with E-state index in [1.165, 1.54) is 12.5 Å². The van der Waals surface area contributed by atoms with Gasteiger partial charge in [-0.1, -0.05) is 0 Å². The summed E-state index contributed by atoms with van der Waals surface area (Å²) in [7, 11) is 1.57. The fourth-order valence-corrected chi connectivity index (χ4v) is 2.70. The molecule has 0 saturated carbocycles. The summed E-state index contributed by atoms with van der Waals surface area (Å²) in [5, 5.41) is 0. The van der Waals surface area contributed by atoms with Gasteiger partial charge < -0.3 is 19.5 Å². The van der Waals surface area contributed by atoms with Crippen LogP contribution < -0.4 is 10.3 Å². The van der Waals surface area contributed by atoms with E-state index in [0.29, 0.717) is 37.5 Å². The number of nitrogens with one attached hydrogen (secondary N) is 1. The molecule has 2 aromatic rings. The number of H-pyrrole nitrogens is 1. The van der Waals surface area contributed by atoms with Gasteiger partial charge in [-0.05, 0) is 24.3 Å². The molecule has 1 aliphatic heterocycles. The Balaban J connectivity index is 1.63. The molecule has 2 heterocycles. The van der Waals surface area contributed by atoms with Crippen molar-refractivity contribution in [3.05, 3.63) is 58.3 Å². The van der Waals surface area contributed by atoms with Crippen molar-refractivity contribution in [1.29, 1.82) is 0 Å². The highest BCUT2D eigenvalue weighted by Gasteiger charge is 2.26. The van der Waals surface area contributed by atoms with E-state index < -0.39 is 5.56 Å². The number of nitrogens with zero attached hydrogens (tertiary/aromatic N) is 3. The smallest absolute Gasteiger partial charge is 0.263 e. The lowest BCUT2D eigenvalue weighted by Gasteiger charge is -2.34. The third-order valence-corrected chi connectivity index (χ3v) is 4.14. The van der Waals surface area contributed by atoms with Gasteiger partial charge >= 0.3 is 0 Å². The van der Waals surface area contributed by atoms with Crippen LogP contribution in [0.25, 0.3) is 0 Å². The van der Waals surface area contributed by atoms with Gasteiger partial charge in [0.2, 0.25) is 0 Å². The van der Waals surface area contributed by atoms with Crippen LogP contribution in [0.1, 0.15) is 20.7 Å². The van der Waals surface area contributed by atoms with Crippen LogP contribution in [0.15, 0.2) is 41.6 Å². The highest BCUT2D eigenvalue weighted by Crippen LogP contribution is 2.14. The Morgan fingerprint density at radius 1 is 1.04 bits per heavy atom. The summed E-state index contributed by atoms with van der Waals surface area (Å²) in [6, 6.07) is 6.91. The van der Waals surface area contributed by atoms with Crippen molar-refractivity contribution in [2.24, 2.45) is 0 Å². The number of benzene rings is 1. The monoisotopic (exact) mass is 342 g/mol. The third kappa shape index (κ3) is 3.52. The summed E-state index contributed by atoms with van der Waals surface area (Å²) in [6.07, 6.45) is 2.50. The van der Waals surface area contributed by atoms with Crippen LogP contribution in [-0.4, -0.2) is 64.9 Å². The fourth-order valence-electron chi connectivity index (χ4n) is 2.70. The van der Waals surface area contributed by atoms with Crippen molar-refractivity contribution >= 4 is 11.8 Å². The zero-order valence-electron chi connectivity index (χ0n) is 13.8. The minimum absolute atomic E-state index is 0.0115. The van der Waals surface area contributed by atoms with Crippen LogP contribution in [0.5, 0.6) is 5.75 Å². The second-order valence-electron chi connectivity index (χ2n) is 5.61. The molecule has 1 aliphatic rings. The van der Waals surface area contributed by atoms with Gasteiger partial charge in [-0.3, -0.25) is 14.4 Å². The third-order valence-electron chi connectivity index (χ3n) is 4.14. The van der Waals surface area contributed by atoms with Gasteiger partial charge in [-0.15, -0.1) is 0 Å². The number of ether oxygens (including phenoxy) is 1. The van der Waals surface area contributed by atoms with E-state index in [1.807, 2.05) is 0 Å². The Labute approximate surface area is 144 Å². The molecular weight excluding hydrogens is 324 g/mol. The Morgan fingerprint density at radius 3 is 2.20 bits per heavy atom. The van der Waals surface area contributed by atoms with E-state index in [-0.39, 0.29) is 17.4 Å². The Morgan fingerprint density at radius 2 is 1.64 bits per heavy atom. The van der Waals surface area contributed by atoms with Crippen molar-refractivity contribution in [3.8, 4) is 5.75 Å². The number of piperazine rings is 1. The van der Waals surface area contributed by atoms with E-state index >= 15 is 0 Å². The molecule has 25 heavy (non-hydrogen) atoms. The molecule has 0 atom stereocenters. The first-order chi connectivity index (χ1) is 12.1. The summed E-state index contributed by atoms with van der Waals surface area (Å²) in [5.74, 6) is 0.230. The summed E-state index contributed by atoms with van der Waals surface area (Å²) >= 11 is 0. The lowest BCUT2D eigenvalue weighted by atomic mass is 10.1. The summed E-state index contributed by atoms with van der Waals surface area (Å²) in [5.41, 5.74) is 0.124. The molecule has 0 radical (unpaired) electrons. The first kappa shape index (κ1) is 16.7. The number of amides is 2. The SMILES string of the molecule is COc1ccc(C(=O)N2CCN(C(=O)c3cnc[nH]c3=O)CC2)cc1. The molecule has 0 aliphatic carbocycles. The summed E-state index contributed by atoms with van der Waals surface area (Å²) in [4.78, 5) is 46.0. The number of hydrogen-bond donors (Lipinski definition) is 1. The molecule has 2 amide bonds. The number of carbonyl (C=O) groups excluding carboxylic acids is 2. The predicted molar refractivity (Wildman–Crippen MR) is 89.7 cm³/mol. The quantitative estimate of drug-likeness (QED) is 0.870. The Kier molecular flexibility index (Phi) is 4.78. The maximum Gasteiger partial charge on any atom is 0.263 e. The summed E-state index contributed by atoms with van der Waals surface area (Å²) in [6.45, 7) is 1.56. The second kappa shape index (κ2) is 7.16. The van der Waals surface area contributed by atoms with Crippen LogP contribution in [0.2, 0.25) is 0 Å². The average Bonchev–Trinajstić information content (AvgIpc) is 2.67. The Bertz CT molecular complexity index is 823. The number of carbonyl (C=O) groups is 2. The molecule has 3 rings (SSSR count). The molecule has 1 aromatic carbocycles. The van der Waals surface area contributed by atoms with Crippen LogP contribution in [0, 0.1) is 0 Å². The highest BCUT2D eigenvalue weighted by atomic mass is 16.5. The molecule has 130 valence electrons. The van der Waals surface area contributed by atoms with Crippen LogP contribution in [0.4, 0.5) is 0 Å². The normalized spacial score (nSPS) is 14.3. The molecule has 1 fully saturated rings. The van der Waals surface area contributed by atoms with E-state index in [9.17, 15) is 14.4 Å². The van der Waals surface area contributed by atoms with Crippen molar-refractivity contribution in [2.75, 3.05) is 33.3 Å². The molecule has 1 aromatic heterocycles. The minimum Gasteiger partial charge on any atom is -0.497 e. The predicted octanol–water partition coefficient (Wildman–Crippen LogP) is 0.377. The number of aromatic amines is 1. The minimum atomic E-state index is -0.461. The molecule has 0 spiro atoms. The van der Waals surface area contributed by atoms with Crippen molar-refractivity contribution in [3.63, 3.8) is 0 Å². The average molecular weight is 342 g/mol. The number of methoxy groups -OCH3 is 1. The molecule has 0 bridgehead atoms. The van der Waals surface area contributed by atoms with Gasteiger partial charge in [-0.25, -0.2) is 4.98 Å². The first-order valence-electron chi connectivity index (χ1n) is 7.85. The van der Waals surface area contributed by atoms with Gasteiger partial charge in [0, 0.05) is 37.9 Å². The molecule has 1 N–H and O–H groups in total. The fraction of sp³-hybridized carbons (Fsp3) is 0.294. The van der Waals surface area contributed by atoms with Gasteiger partial charge in [-0.2, -0.15) is 0 Å². The number of hydrogen-bond acceptors (Lipinski definition) is 5. The molecular formula is C17H18N4O4. The maximum atomic E-state index is 12.5. The zero-order chi connectivity index (χ0) is 17.8. The number of aromatic nitrogens is 2. The van der Waals surface area contributed by atoms with E-state index in [4.69, 9.17) is 4.74 Å². The highest BCUT2D eigenvalue weighted by molar-refractivity contribution is 5.95. The van der Waals surface area contributed by atoms with Crippen molar-refractivity contribution in [2.45, 2.75) is 0 Å². The topological polar surface area (TPSA) is 95.6 Å². The molecule has 0 unspecified atom stereocenters. The number of rotatable bonds is 3. The van der Waals surface area contributed by atoms with Gasteiger partial charge in [0.25, 0.3) is 17.4 Å². The Hall–Kier alpha value is -3.16. The lowest BCUT2D eigenvalue weighted by molar-refractivity contribution is 0.0534. The standard InChI is InChI=1S/C17H18N4O4/c1-25-13-4-2-12(3-5-13)16(23)20-6-8-21(9-7-20)17(24)14-10-18-11-19-15(14)22/h2-5,10-11H,6-9H2,1H3,(H,18,19,22). The largest absolute Gasteiger partial charge is 0.497 e. The second-order valence-corrected chi connectivity index (χ2v) is 5.61. The molecule has 1 saturated heterocycles. The van der Waals surface area contributed by atoms with E-state index in [0.717, 1.165) is 0 Å². The van der Waals surface area contributed by atoms with Crippen molar-refractivity contribution < 1.29 is 14.3 Å². The van der Waals surface area contributed by atoms with E-state index in [1.54, 1.807) is 41.2 Å². The van der Waals surface area contributed by atoms with Gasteiger partial charge in [0.15, 0.2) is 0 Å². The van der Waals surface area contributed by atoms with Crippen LogP contribution in [-0.2, 0) is 0 Å². The molecule has 8 heteroatoms. The van der Waals surface area contributed by atoms with E-state index in [2.05, 4.69) is 9.97 Å². The van der Waals surface area contributed by atoms with Crippen LogP contribution in [0.3, 0.4) is 0 Å². The zero-order valence-corrected chi connectivity index (χ0v) is 13.8. The van der Waals surface area contributed by atoms with Gasteiger partial charge in [0.1, 0.15) is 11.3 Å². The summed E-state index contributed by atoms with van der Waals surface area (Å²) < 4.78 is 5.08. The van der Waals surface area contributed by atoms with Crippen molar-refractivity contribution in [1.82, 2.24) is 19.8 Å².